The average Bonchev–Trinajstić information content (AvgIpc) is 3.19. The summed E-state index contributed by atoms with van der Waals surface area (Å²) in [5.41, 5.74) is 8.37. The minimum atomic E-state index is -0.494. The first-order valence-electron chi connectivity index (χ1n) is 7.22. The molecule has 1 amide bonds. The van der Waals surface area contributed by atoms with E-state index in [1.54, 1.807) is 0 Å². The van der Waals surface area contributed by atoms with Gasteiger partial charge in [0, 0.05) is 5.02 Å². The predicted molar refractivity (Wildman–Crippen MR) is 82.9 cm³/mol. The lowest BCUT2D eigenvalue weighted by atomic mass is 9.96. The summed E-state index contributed by atoms with van der Waals surface area (Å²) in [7, 11) is 0. The van der Waals surface area contributed by atoms with Crippen LogP contribution >= 0.6 is 11.6 Å². The zero-order valence-electron chi connectivity index (χ0n) is 11.8. The number of hydrogen-bond acceptors (Lipinski definition) is 3. The minimum Gasteiger partial charge on any atom is -0.376 e. The van der Waals surface area contributed by atoms with E-state index < -0.39 is 5.66 Å². The molecule has 0 atom stereocenters. The van der Waals surface area contributed by atoms with Gasteiger partial charge in [0.25, 0.3) is 0 Å². The van der Waals surface area contributed by atoms with Gasteiger partial charge in [0.2, 0.25) is 5.91 Å². The zero-order chi connectivity index (χ0) is 14.9. The molecular formula is C16H19ClN2O2. The van der Waals surface area contributed by atoms with Crippen molar-refractivity contribution in [2.24, 2.45) is 5.73 Å². The van der Waals surface area contributed by atoms with Crippen molar-refractivity contribution in [3.63, 3.8) is 0 Å². The van der Waals surface area contributed by atoms with Gasteiger partial charge in [-0.15, -0.1) is 0 Å². The molecule has 0 unspecified atom stereocenters. The number of halogens is 1. The molecule has 1 fully saturated rings. The maximum absolute atomic E-state index is 12.2. The van der Waals surface area contributed by atoms with E-state index in [1.807, 2.05) is 18.2 Å². The number of nitrogens with one attached hydrogen (secondary N) is 1. The van der Waals surface area contributed by atoms with E-state index in [2.05, 4.69) is 11.4 Å². The third-order valence-electron chi connectivity index (χ3n) is 3.89. The molecule has 21 heavy (non-hydrogen) atoms. The SMILES string of the molecule is NC1(NC(=O)Cc2c(Cl)cccc2C2=CCCOC2)CC1. The van der Waals surface area contributed by atoms with Gasteiger partial charge in [-0.2, -0.15) is 0 Å². The lowest BCUT2D eigenvalue weighted by molar-refractivity contribution is -0.121. The van der Waals surface area contributed by atoms with Crippen LogP contribution in [0.4, 0.5) is 0 Å². The van der Waals surface area contributed by atoms with Gasteiger partial charge in [-0.3, -0.25) is 4.79 Å². The maximum Gasteiger partial charge on any atom is 0.225 e. The van der Waals surface area contributed by atoms with Crippen molar-refractivity contribution in [2.45, 2.75) is 31.3 Å². The average molecular weight is 307 g/mol. The molecule has 1 aromatic carbocycles. The molecule has 1 saturated carbocycles. The number of carbonyl (C=O) groups is 1. The van der Waals surface area contributed by atoms with Gasteiger partial charge in [0.05, 0.1) is 25.3 Å². The number of benzene rings is 1. The number of nitrogens with two attached hydrogens (primary N) is 1. The molecule has 3 rings (SSSR count). The van der Waals surface area contributed by atoms with Crippen LogP contribution in [-0.2, 0) is 16.0 Å². The van der Waals surface area contributed by atoms with E-state index in [9.17, 15) is 4.79 Å². The Labute approximate surface area is 129 Å². The molecule has 0 radical (unpaired) electrons. The molecule has 5 heteroatoms. The molecule has 1 aliphatic carbocycles. The Morgan fingerprint density at radius 2 is 2.24 bits per heavy atom. The van der Waals surface area contributed by atoms with Crippen LogP contribution in [0.3, 0.4) is 0 Å². The molecule has 0 bridgehead atoms. The Morgan fingerprint density at radius 3 is 2.90 bits per heavy atom. The van der Waals surface area contributed by atoms with Crippen molar-refractivity contribution < 1.29 is 9.53 Å². The summed E-state index contributed by atoms with van der Waals surface area (Å²) < 4.78 is 5.50. The van der Waals surface area contributed by atoms with Crippen molar-refractivity contribution in [3.05, 3.63) is 40.4 Å². The van der Waals surface area contributed by atoms with Gasteiger partial charge in [-0.1, -0.05) is 29.8 Å². The van der Waals surface area contributed by atoms with E-state index in [4.69, 9.17) is 22.1 Å². The fourth-order valence-electron chi connectivity index (χ4n) is 2.53. The summed E-state index contributed by atoms with van der Waals surface area (Å²) in [5, 5.41) is 3.47. The maximum atomic E-state index is 12.2. The Kier molecular flexibility index (Phi) is 4.02. The molecule has 0 saturated heterocycles. The Bertz CT molecular complexity index is 594. The monoisotopic (exact) mass is 306 g/mol. The summed E-state index contributed by atoms with van der Waals surface area (Å²) in [4.78, 5) is 12.2. The molecule has 1 aliphatic heterocycles. The normalized spacial score (nSPS) is 19.8. The van der Waals surface area contributed by atoms with Crippen molar-refractivity contribution in [1.82, 2.24) is 5.32 Å². The molecule has 0 spiro atoms. The fourth-order valence-corrected chi connectivity index (χ4v) is 2.77. The van der Waals surface area contributed by atoms with Crippen molar-refractivity contribution in [3.8, 4) is 0 Å². The van der Waals surface area contributed by atoms with Gasteiger partial charge in [-0.05, 0) is 42.0 Å². The van der Waals surface area contributed by atoms with Crippen molar-refractivity contribution >= 4 is 23.1 Å². The molecule has 1 aromatic rings. The van der Waals surface area contributed by atoms with Crippen LogP contribution in [0.1, 0.15) is 30.4 Å². The minimum absolute atomic E-state index is 0.0818. The molecule has 112 valence electrons. The third-order valence-corrected chi connectivity index (χ3v) is 4.24. The highest BCUT2D eigenvalue weighted by Crippen LogP contribution is 2.31. The second-order valence-corrected chi connectivity index (χ2v) is 6.12. The second kappa shape index (κ2) is 5.79. The molecule has 2 aliphatic rings. The van der Waals surface area contributed by atoms with Crippen LogP contribution in [-0.4, -0.2) is 24.8 Å². The zero-order valence-corrected chi connectivity index (χ0v) is 12.6. The summed E-state index contributed by atoms with van der Waals surface area (Å²) in [6.45, 7) is 1.31. The summed E-state index contributed by atoms with van der Waals surface area (Å²) in [6, 6.07) is 5.71. The standard InChI is InChI=1S/C16H19ClN2O2/c17-14-5-1-4-12(11-3-2-8-21-10-11)13(14)9-15(20)19-16(18)6-7-16/h1,3-5H,2,6-10,18H2,(H,19,20). The summed E-state index contributed by atoms with van der Waals surface area (Å²) in [6.07, 6.45) is 4.97. The van der Waals surface area contributed by atoms with Crippen LogP contribution in [0, 0.1) is 0 Å². The van der Waals surface area contributed by atoms with E-state index in [-0.39, 0.29) is 12.3 Å². The largest absolute Gasteiger partial charge is 0.376 e. The van der Waals surface area contributed by atoms with Crippen molar-refractivity contribution in [2.75, 3.05) is 13.2 Å². The molecule has 1 heterocycles. The quantitative estimate of drug-likeness (QED) is 0.839. The van der Waals surface area contributed by atoms with Gasteiger partial charge >= 0.3 is 0 Å². The highest BCUT2D eigenvalue weighted by Gasteiger charge is 2.39. The lowest BCUT2D eigenvalue weighted by Crippen LogP contribution is -2.44. The summed E-state index contributed by atoms with van der Waals surface area (Å²) >= 11 is 6.30. The number of rotatable bonds is 4. The Hall–Kier alpha value is -1.36. The Morgan fingerprint density at radius 1 is 1.43 bits per heavy atom. The van der Waals surface area contributed by atoms with E-state index in [0.717, 1.165) is 42.6 Å². The second-order valence-electron chi connectivity index (χ2n) is 5.72. The van der Waals surface area contributed by atoms with Crippen LogP contribution in [0.25, 0.3) is 5.57 Å². The highest BCUT2D eigenvalue weighted by atomic mass is 35.5. The number of carbonyl (C=O) groups excluding carboxylic acids is 1. The molecule has 0 aromatic heterocycles. The lowest BCUT2D eigenvalue weighted by Gasteiger charge is -2.19. The topological polar surface area (TPSA) is 64.3 Å². The first kappa shape index (κ1) is 14.6. The first-order chi connectivity index (χ1) is 10.1. The van der Waals surface area contributed by atoms with E-state index in [0.29, 0.717) is 11.6 Å². The smallest absolute Gasteiger partial charge is 0.225 e. The molecular weight excluding hydrogens is 288 g/mol. The summed E-state index contributed by atoms with van der Waals surface area (Å²) in [5.74, 6) is -0.0818. The van der Waals surface area contributed by atoms with Gasteiger partial charge in [0.15, 0.2) is 0 Å². The predicted octanol–water partition coefficient (Wildman–Crippen LogP) is 2.25. The number of amides is 1. The van der Waals surface area contributed by atoms with Crippen LogP contribution in [0.15, 0.2) is 24.3 Å². The van der Waals surface area contributed by atoms with Crippen LogP contribution < -0.4 is 11.1 Å². The number of hydrogen-bond donors (Lipinski definition) is 2. The van der Waals surface area contributed by atoms with Crippen LogP contribution in [0.5, 0.6) is 0 Å². The molecule has 4 nitrogen and oxygen atoms in total. The van der Waals surface area contributed by atoms with Gasteiger partial charge in [-0.25, -0.2) is 0 Å². The Balaban J connectivity index is 1.82. The van der Waals surface area contributed by atoms with E-state index in [1.165, 1.54) is 0 Å². The van der Waals surface area contributed by atoms with Crippen LogP contribution in [0.2, 0.25) is 5.02 Å². The number of ether oxygens (including phenoxy) is 1. The highest BCUT2D eigenvalue weighted by molar-refractivity contribution is 6.31. The first-order valence-corrected chi connectivity index (χ1v) is 7.60. The van der Waals surface area contributed by atoms with Gasteiger partial charge in [0.1, 0.15) is 0 Å². The third kappa shape index (κ3) is 3.46. The van der Waals surface area contributed by atoms with E-state index >= 15 is 0 Å². The van der Waals surface area contributed by atoms with Crippen molar-refractivity contribution in [1.29, 1.82) is 0 Å². The fraction of sp³-hybridized carbons (Fsp3) is 0.438. The molecule has 3 N–H and O–H groups in total. The van der Waals surface area contributed by atoms with Gasteiger partial charge < -0.3 is 15.8 Å².